The average molecular weight is 145 g/mol. The third kappa shape index (κ3) is 2.96. The molecule has 0 aromatic rings. The fourth-order valence-corrected chi connectivity index (χ4v) is 0.706. The van der Waals surface area contributed by atoms with E-state index in [1.54, 1.807) is 6.08 Å². The Bertz CT molecular complexity index is 124. The highest BCUT2D eigenvalue weighted by atomic mass is 16.3. The van der Waals surface area contributed by atoms with E-state index in [4.69, 9.17) is 10.8 Å². The van der Waals surface area contributed by atoms with Crippen molar-refractivity contribution in [2.45, 2.75) is 19.4 Å². The number of aliphatic hydroxyl groups excluding tert-OH is 1. The average Bonchev–Trinajstić information content (AvgIpc) is 1.87. The Morgan fingerprint density at radius 3 is 2.20 bits per heavy atom. The van der Waals surface area contributed by atoms with Gasteiger partial charge >= 0.3 is 0 Å². The molecule has 0 radical (unpaired) electrons. The summed E-state index contributed by atoms with van der Waals surface area (Å²) in [7, 11) is 0. The molecule has 3 heteroatoms. The lowest BCUT2D eigenvalue weighted by Crippen LogP contribution is -2.39. The predicted octanol–water partition coefficient (Wildman–Crippen LogP) is -0.365. The van der Waals surface area contributed by atoms with Gasteiger partial charge in [0, 0.05) is 6.54 Å². The summed E-state index contributed by atoms with van der Waals surface area (Å²) < 4.78 is 0. The fraction of sp³-hybridized carbons (Fsp3) is 0.714. The summed E-state index contributed by atoms with van der Waals surface area (Å²) in [5, 5.41) is 18.0. The van der Waals surface area contributed by atoms with E-state index in [9.17, 15) is 5.11 Å². The Labute approximate surface area is 61.2 Å². The molecule has 0 bridgehead atoms. The maximum absolute atomic E-state index is 9.35. The van der Waals surface area contributed by atoms with Crippen LogP contribution in [0.5, 0.6) is 0 Å². The first-order valence-electron chi connectivity index (χ1n) is 3.23. The maximum Gasteiger partial charge on any atom is 0.118 e. The van der Waals surface area contributed by atoms with Crippen LogP contribution in [0.3, 0.4) is 0 Å². The van der Waals surface area contributed by atoms with Crippen LogP contribution in [0.1, 0.15) is 13.8 Å². The summed E-state index contributed by atoms with van der Waals surface area (Å²) in [4.78, 5) is 0. The van der Waals surface area contributed by atoms with Crippen LogP contribution in [-0.4, -0.2) is 29.0 Å². The minimum absolute atomic E-state index is 0.0503. The molecule has 3 nitrogen and oxygen atoms in total. The molecule has 0 saturated heterocycles. The molecule has 0 aliphatic rings. The lowest BCUT2D eigenvalue weighted by atomic mass is 10.0. The number of rotatable bonds is 3. The van der Waals surface area contributed by atoms with Crippen molar-refractivity contribution < 1.29 is 10.2 Å². The lowest BCUT2D eigenvalue weighted by Gasteiger charge is -2.19. The summed E-state index contributed by atoms with van der Waals surface area (Å²) in [6.45, 7) is 3.41. The maximum atomic E-state index is 9.35. The largest absolute Gasteiger partial charge is 0.393 e. The monoisotopic (exact) mass is 145 g/mol. The molecule has 0 rings (SSSR count). The number of hydrogen-bond donors (Lipinski definition) is 3. The Kier molecular flexibility index (Phi) is 3.57. The van der Waals surface area contributed by atoms with E-state index in [2.05, 4.69) is 0 Å². The fourth-order valence-electron chi connectivity index (χ4n) is 0.706. The highest BCUT2D eigenvalue weighted by molar-refractivity contribution is 5.07. The molecule has 0 aromatic heterocycles. The first-order chi connectivity index (χ1) is 4.54. The molecule has 60 valence electrons. The SMILES string of the molecule is CC(C)=CC(O)(CN)CO. The van der Waals surface area contributed by atoms with Gasteiger partial charge in [0.15, 0.2) is 0 Å². The van der Waals surface area contributed by atoms with Crippen LogP contribution in [0.2, 0.25) is 0 Å². The van der Waals surface area contributed by atoms with Gasteiger partial charge in [-0.2, -0.15) is 0 Å². The third-order valence-corrected chi connectivity index (χ3v) is 1.18. The van der Waals surface area contributed by atoms with E-state index >= 15 is 0 Å². The van der Waals surface area contributed by atoms with E-state index in [1.165, 1.54) is 0 Å². The van der Waals surface area contributed by atoms with Gasteiger partial charge in [-0.15, -0.1) is 0 Å². The van der Waals surface area contributed by atoms with Gasteiger partial charge in [0.05, 0.1) is 6.61 Å². The molecule has 0 fully saturated rings. The van der Waals surface area contributed by atoms with E-state index in [-0.39, 0.29) is 13.2 Å². The van der Waals surface area contributed by atoms with Crippen LogP contribution < -0.4 is 5.73 Å². The van der Waals surface area contributed by atoms with E-state index < -0.39 is 5.60 Å². The smallest absolute Gasteiger partial charge is 0.118 e. The van der Waals surface area contributed by atoms with Crippen molar-refractivity contribution >= 4 is 0 Å². The van der Waals surface area contributed by atoms with Gasteiger partial charge in [-0.05, 0) is 13.8 Å². The molecule has 1 unspecified atom stereocenters. The lowest BCUT2D eigenvalue weighted by molar-refractivity contribution is 0.0343. The minimum Gasteiger partial charge on any atom is -0.393 e. The Morgan fingerprint density at radius 2 is 2.10 bits per heavy atom. The molecule has 0 saturated carbocycles. The highest BCUT2D eigenvalue weighted by Crippen LogP contribution is 2.06. The molecule has 0 aliphatic carbocycles. The van der Waals surface area contributed by atoms with Crippen molar-refractivity contribution in [2.24, 2.45) is 5.73 Å². The highest BCUT2D eigenvalue weighted by Gasteiger charge is 2.19. The van der Waals surface area contributed by atoms with Crippen molar-refractivity contribution in [3.05, 3.63) is 11.6 Å². The van der Waals surface area contributed by atoms with Crippen molar-refractivity contribution in [1.29, 1.82) is 0 Å². The van der Waals surface area contributed by atoms with Crippen LogP contribution >= 0.6 is 0 Å². The van der Waals surface area contributed by atoms with Crippen molar-refractivity contribution in [1.82, 2.24) is 0 Å². The zero-order chi connectivity index (χ0) is 8.20. The molecular formula is C7H15NO2. The molecular weight excluding hydrogens is 130 g/mol. The van der Waals surface area contributed by atoms with Gasteiger partial charge in [-0.1, -0.05) is 11.6 Å². The first-order valence-corrected chi connectivity index (χ1v) is 3.23. The topological polar surface area (TPSA) is 66.5 Å². The van der Waals surface area contributed by atoms with Gasteiger partial charge in [-0.25, -0.2) is 0 Å². The summed E-state index contributed by atoms with van der Waals surface area (Å²) in [5.74, 6) is 0. The van der Waals surface area contributed by atoms with E-state index in [0.29, 0.717) is 0 Å². The number of hydrogen-bond acceptors (Lipinski definition) is 3. The second kappa shape index (κ2) is 3.71. The van der Waals surface area contributed by atoms with Crippen molar-refractivity contribution in [3.63, 3.8) is 0 Å². The van der Waals surface area contributed by atoms with Crippen LogP contribution in [0.15, 0.2) is 11.6 Å². The van der Waals surface area contributed by atoms with Gasteiger partial charge in [0.25, 0.3) is 0 Å². The molecule has 0 aromatic carbocycles. The van der Waals surface area contributed by atoms with Crippen molar-refractivity contribution in [3.8, 4) is 0 Å². The molecule has 0 aliphatic heterocycles. The summed E-state index contributed by atoms with van der Waals surface area (Å²) in [5.41, 5.74) is 4.93. The molecule has 4 N–H and O–H groups in total. The van der Waals surface area contributed by atoms with Gasteiger partial charge in [-0.3, -0.25) is 0 Å². The molecule has 1 atom stereocenters. The first kappa shape index (κ1) is 9.62. The van der Waals surface area contributed by atoms with Crippen LogP contribution in [0.25, 0.3) is 0 Å². The van der Waals surface area contributed by atoms with Crippen LogP contribution in [-0.2, 0) is 0 Å². The van der Waals surface area contributed by atoms with E-state index in [0.717, 1.165) is 5.57 Å². The van der Waals surface area contributed by atoms with Gasteiger partial charge in [0.1, 0.15) is 5.60 Å². The zero-order valence-corrected chi connectivity index (χ0v) is 6.46. The van der Waals surface area contributed by atoms with Crippen LogP contribution in [0, 0.1) is 0 Å². The van der Waals surface area contributed by atoms with Gasteiger partial charge in [0.2, 0.25) is 0 Å². The molecule has 0 amide bonds. The number of nitrogens with two attached hydrogens (primary N) is 1. The predicted molar refractivity (Wildman–Crippen MR) is 40.5 cm³/mol. The third-order valence-electron chi connectivity index (χ3n) is 1.18. The molecule has 0 heterocycles. The zero-order valence-electron chi connectivity index (χ0n) is 6.46. The minimum atomic E-state index is -1.22. The van der Waals surface area contributed by atoms with E-state index in [1.807, 2.05) is 13.8 Å². The second-order valence-electron chi connectivity index (χ2n) is 2.69. The quantitative estimate of drug-likeness (QED) is 0.475. The standard InChI is InChI=1S/C7H15NO2/c1-6(2)3-7(10,4-8)5-9/h3,9-10H,4-5,8H2,1-2H3. The van der Waals surface area contributed by atoms with Gasteiger partial charge < -0.3 is 15.9 Å². The Hall–Kier alpha value is -0.380. The normalized spacial score (nSPS) is 16.1. The van der Waals surface area contributed by atoms with Crippen LogP contribution in [0.4, 0.5) is 0 Å². The summed E-state index contributed by atoms with van der Waals surface area (Å²) >= 11 is 0. The number of allylic oxidation sites excluding steroid dienone is 1. The Morgan fingerprint density at radius 1 is 1.60 bits per heavy atom. The number of aliphatic hydroxyl groups is 2. The molecule has 10 heavy (non-hydrogen) atoms. The Balaban J connectivity index is 4.20. The summed E-state index contributed by atoms with van der Waals surface area (Å²) in [6, 6.07) is 0. The second-order valence-corrected chi connectivity index (χ2v) is 2.69. The molecule has 0 spiro atoms. The van der Waals surface area contributed by atoms with Crippen molar-refractivity contribution in [2.75, 3.05) is 13.2 Å². The summed E-state index contributed by atoms with van der Waals surface area (Å²) in [6.07, 6.45) is 1.56.